The monoisotopic (exact) mass is 577 g/mol. The maximum absolute atomic E-state index is 13.7. The second-order valence-corrected chi connectivity index (χ2v) is 9.49. The highest BCUT2D eigenvalue weighted by Gasteiger charge is 2.44. The number of thiocarbonyl (C=S) groups is 1. The molecule has 0 bridgehead atoms. The molecule has 41 heavy (non-hydrogen) atoms. The van der Waals surface area contributed by atoms with Crippen LogP contribution in [-0.2, 0) is 20.7 Å². The van der Waals surface area contributed by atoms with Gasteiger partial charge in [0.1, 0.15) is 11.8 Å². The van der Waals surface area contributed by atoms with Crippen LogP contribution in [0.2, 0.25) is 0 Å². The number of carbonyl (C=O) groups is 3. The van der Waals surface area contributed by atoms with Gasteiger partial charge in [-0.25, -0.2) is 4.79 Å². The first kappa shape index (κ1) is 29.3. The van der Waals surface area contributed by atoms with E-state index in [0.717, 1.165) is 5.56 Å². The molecule has 1 N–H and O–H groups in total. The molecular formula is C30H31N3O7S. The first-order chi connectivity index (χ1) is 19.8. The molecule has 1 atom stereocenters. The Kier molecular flexibility index (Phi) is 9.41. The van der Waals surface area contributed by atoms with E-state index in [1.165, 1.54) is 12.0 Å². The minimum absolute atomic E-state index is 0.129. The average molecular weight is 578 g/mol. The predicted molar refractivity (Wildman–Crippen MR) is 158 cm³/mol. The molecule has 0 aromatic heterocycles. The van der Waals surface area contributed by atoms with Gasteiger partial charge in [-0.2, -0.15) is 0 Å². The predicted octanol–water partition coefficient (Wildman–Crippen LogP) is 4.07. The Bertz CT molecular complexity index is 1430. The Balaban J connectivity index is 1.55. The average Bonchev–Trinajstić information content (AvgIpc) is 3.23. The summed E-state index contributed by atoms with van der Waals surface area (Å²) in [4.78, 5) is 41.8. The number of amides is 2. The molecule has 0 aliphatic carbocycles. The second kappa shape index (κ2) is 13.1. The van der Waals surface area contributed by atoms with Gasteiger partial charge in [-0.05, 0) is 84.9 Å². The lowest BCUT2D eigenvalue weighted by atomic mass is 10.1. The summed E-state index contributed by atoms with van der Waals surface area (Å²) >= 11 is 5.78. The molecule has 214 valence electrons. The van der Waals surface area contributed by atoms with Gasteiger partial charge in [0.25, 0.3) is 5.91 Å². The van der Waals surface area contributed by atoms with Gasteiger partial charge in [0.15, 0.2) is 16.6 Å². The van der Waals surface area contributed by atoms with Crippen LogP contribution in [-0.4, -0.2) is 68.8 Å². The van der Waals surface area contributed by atoms with Crippen LogP contribution in [0.15, 0.2) is 66.7 Å². The summed E-state index contributed by atoms with van der Waals surface area (Å²) in [5.41, 5.74) is 2.38. The quantitative estimate of drug-likeness (QED) is 0.267. The smallest absolute Gasteiger partial charge is 0.337 e. The zero-order chi connectivity index (χ0) is 29.5. The number of anilines is 2. The highest BCUT2D eigenvalue weighted by molar-refractivity contribution is 7.80. The van der Waals surface area contributed by atoms with E-state index in [1.807, 2.05) is 18.2 Å². The molecule has 1 aliphatic rings. The van der Waals surface area contributed by atoms with Gasteiger partial charge in [0.05, 0.1) is 46.1 Å². The zero-order valence-corrected chi connectivity index (χ0v) is 24.0. The Morgan fingerprint density at radius 3 is 2.17 bits per heavy atom. The van der Waals surface area contributed by atoms with E-state index in [4.69, 9.17) is 31.2 Å². The lowest BCUT2D eigenvalue weighted by Gasteiger charge is -2.24. The Hall–Kier alpha value is -4.64. The first-order valence-corrected chi connectivity index (χ1v) is 13.2. The van der Waals surface area contributed by atoms with Crippen LogP contribution >= 0.6 is 12.2 Å². The van der Waals surface area contributed by atoms with E-state index >= 15 is 0 Å². The fraction of sp³-hybridized carbons (Fsp3) is 0.267. The number of rotatable bonds is 11. The summed E-state index contributed by atoms with van der Waals surface area (Å²) in [6.45, 7) is 0.387. The number of benzene rings is 3. The summed E-state index contributed by atoms with van der Waals surface area (Å²) in [5, 5.41) is 3.11. The molecule has 1 aliphatic heterocycles. The lowest BCUT2D eigenvalue weighted by molar-refractivity contribution is -0.124. The third-order valence-corrected chi connectivity index (χ3v) is 7.12. The molecule has 3 aromatic carbocycles. The molecule has 0 spiro atoms. The molecule has 0 saturated carbocycles. The maximum atomic E-state index is 13.7. The molecule has 1 fully saturated rings. The summed E-state index contributed by atoms with van der Waals surface area (Å²) < 4.78 is 20.7. The van der Waals surface area contributed by atoms with Gasteiger partial charge in [-0.15, -0.1) is 0 Å². The van der Waals surface area contributed by atoms with Crippen LogP contribution in [0.5, 0.6) is 17.2 Å². The van der Waals surface area contributed by atoms with Crippen molar-refractivity contribution in [2.24, 2.45) is 0 Å². The van der Waals surface area contributed by atoms with Crippen molar-refractivity contribution >= 4 is 46.5 Å². The van der Waals surface area contributed by atoms with Crippen LogP contribution in [0.4, 0.5) is 11.4 Å². The van der Waals surface area contributed by atoms with Gasteiger partial charge >= 0.3 is 5.97 Å². The largest absolute Gasteiger partial charge is 0.497 e. The highest BCUT2D eigenvalue weighted by atomic mass is 32.1. The number of nitrogens with one attached hydrogen (secondary N) is 1. The summed E-state index contributed by atoms with van der Waals surface area (Å²) in [5.74, 6) is 0.706. The minimum atomic E-state index is -0.820. The minimum Gasteiger partial charge on any atom is -0.497 e. The molecule has 10 nitrogen and oxygen atoms in total. The van der Waals surface area contributed by atoms with Crippen molar-refractivity contribution in [1.29, 1.82) is 0 Å². The molecule has 4 rings (SSSR count). The Labute approximate surface area is 243 Å². The van der Waals surface area contributed by atoms with Crippen LogP contribution < -0.4 is 24.4 Å². The summed E-state index contributed by atoms with van der Waals surface area (Å²) in [7, 11) is 6.00. The van der Waals surface area contributed by atoms with Crippen LogP contribution in [0.25, 0.3) is 0 Å². The van der Waals surface area contributed by atoms with E-state index in [1.54, 1.807) is 74.8 Å². The Morgan fingerprint density at radius 2 is 1.56 bits per heavy atom. The summed E-state index contributed by atoms with van der Waals surface area (Å²) in [6, 6.07) is 18.1. The number of ether oxygens (including phenoxy) is 4. The van der Waals surface area contributed by atoms with Gasteiger partial charge in [0.2, 0.25) is 5.91 Å². The number of hydrogen-bond acceptors (Lipinski definition) is 8. The van der Waals surface area contributed by atoms with Crippen molar-refractivity contribution in [2.45, 2.75) is 18.9 Å². The lowest BCUT2D eigenvalue weighted by Crippen LogP contribution is -2.39. The number of methoxy groups -OCH3 is 4. The van der Waals surface area contributed by atoms with Gasteiger partial charge in [0, 0.05) is 12.2 Å². The fourth-order valence-electron chi connectivity index (χ4n) is 4.54. The molecular weight excluding hydrogens is 546 g/mol. The Morgan fingerprint density at radius 1 is 0.878 bits per heavy atom. The van der Waals surface area contributed by atoms with E-state index < -0.39 is 12.0 Å². The molecule has 1 heterocycles. The third-order valence-electron chi connectivity index (χ3n) is 6.71. The second-order valence-electron chi connectivity index (χ2n) is 9.12. The van der Waals surface area contributed by atoms with Crippen molar-refractivity contribution in [1.82, 2.24) is 4.90 Å². The van der Waals surface area contributed by atoms with Crippen molar-refractivity contribution in [3.05, 3.63) is 77.9 Å². The highest BCUT2D eigenvalue weighted by Crippen LogP contribution is 2.31. The number of carbonyl (C=O) groups excluding carboxylic acids is 3. The van der Waals surface area contributed by atoms with E-state index in [9.17, 15) is 14.4 Å². The maximum Gasteiger partial charge on any atom is 0.337 e. The van der Waals surface area contributed by atoms with Crippen LogP contribution in [0, 0.1) is 0 Å². The van der Waals surface area contributed by atoms with Crippen molar-refractivity contribution in [2.75, 3.05) is 45.2 Å². The van der Waals surface area contributed by atoms with Crippen LogP contribution in [0.3, 0.4) is 0 Å². The topological polar surface area (TPSA) is 107 Å². The SMILES string of the molecule is COC(=O)c1ccc(NC(=O)C[C@H]2C(=O)N(c3ccc(OC)cc3)C(=S)N2CCc2ccc(OC)c(OC)c2)cc1. The molecule has 0 unspecified atom stereocenters. The van der Waals surface area contributed by atoms with Gasteiger partial charge in [-0.1, -0.05) is 6.07 Å². The normalized spacial score (nSPS) is 14.6. The molecule has 11 heteroatoms. The van der Waals surface area contributed by atoms with E-state index in [2.05, 4.69) is 5.32 Å². The zero-order valence-electron chi connectivity index (χ0n) is 23.2. The number of nitrogens with zero attached hydrogens (tertiary/aromatic N) is 2. The van der Waals surface area contributed by atoms with Gasteiger partial charge < -0.3 is 29.2 Å². The standard InChI is InChI=1S/C30H31N3O7S/c1-37-23-12-10-22(11-13-23)33-28(35)24(18-27(34)31-21-8-6-20(7-9-21)29(36)40-4)32(30(33)41)16-15-19-5-14-25(38-2)26(17-19)39-3/h5-14,17,24H,15-16,18H2,1-4H3,(H,31,34)/t24-/m0/s1. The third kappa shape index (κ3) is 6.58. The van der Waals surface area contributed by atoms with Crippen molar-refractivity contribution in [3.63, 3.8) is 0 Å². The van der Waals surface area contributed by atoms with E-state index in [0.29, 0.717) is 52.3 Å². The number of hydrogen-bond donors (Lipinski definition) is 1. The van der Waals surface area contributed by atoms with Crippen molar-refractivity contribution < 1.29 is 33.3 Å². The molecule has 1 saturated heterocycles. The number of esters is 1. The molecule has 0 radical (unpaired) electrons. The summed E-state index contributed by atoms with van der Waals surface area (Å²) in [6.07, 6.45) is 0.410. The molecule has 2 amide bonds. The molecule has 3 aromatic rings. The first-order valence-electron chi connectivity index (χ1n) is 12.8. The van der Waals surface area contributed by atoms with E-state index in [-0.39, 0.29) is 18.2 Å². The van der Waals surface area contributed by atoms with Crippen molar-refractivity contribution in [3.8, 4) is 17.2 Å². The van der Waals surface area contributed by atoms with Crippen LogP contribution in [0.1, 0.15) is 22.3 Å². The fourth-order valence-corrected chi connectivity index (χ4v) is 4.95. The van der Waals surface area contributed by atoms with Gasteiger partial charge in [-0.3, -0.25) is 14.5 Å².